The second-order valence-electron chi connectivity index (χ2n) is 6.04. The van der Waals surface area contributed by atoms with Crippen molar-refractivity contribution in [1.29, 1.82) is 0 Å². The summed E-state index contributed by atoms with van der Waals surface area (Å²) in [5, 5.41) is 1.64. The highest BCUT2D eigenvalue weighted by Crippen LogP contribution is 2.18. The van der Waals surface area contributed by atoms with Crippen LogP contribution in [0.1, 0.15) is 61.8 Å². The minimum Gasteiger partial charge on any atom is -0.455 e. The first-order chi connectivity index (χ1) is 8.48. The highest BCUT2D eigenvalue weighted by Gasteiger charge is 2.24. The summed E-state index contributed by atoms with van der Waals surface area (Å²) in [6, 6.07) is 0. The van der Waals surface area contributed by atoms with E-state index >= 15 is 0 Å². The van der Waals surface area contributed by atoms with Crippen LogP contribution in [0.4, 0.5) is 0 Å². The predicted molar refractivity (Wildman–Crippen MR) is 72.5 cm³/mol. The Labute approximate surface area is 116 Å². The number of hydrogen-bond donors (Lipinski definition) is 0. The van der Waals surface area contributed by atoms with E-state index in [1.807, 2.05) is 0 Å². The Bertz CT molecular complexity index is 437. The molecule has 1 rings (SSSR count). The lowest BCUT2D eigenvalue weighted by atomic mass is 10.2. The molecule has 0 saturated carbocycles. The SMILES string of the molecule is CC(C)(C)OC(=O)c1csc(C(=O)OC(C)(C)C)n1. The van der Waals surface area contributed by atoms with E-state index in [0.29, 0.717) is 0 Å². The fourth-order valence-electron chi connectivity index (χ4n) is 1.11. The largest absolute Gasteiger partial charge is 0.455 e. The molecular weight excluding hydrogens is 266 g/mol. The molecule has 0 unspecified atom stereocenters. The van der Waals surface area contributed by atoms with E-state index in [1.165, 1.54) is 5.38 Å². The van der Waals surface area contributed by atoms with Crippen molar-refractivity contribution in [2.75, 3.05) is 0 Å². The third-order valence-corrected chi connectivity index (χ3v) is 2.51. The first-order valence-corrected chi connectivity index (χ1v) is 6.78. The molecule has 0 aliphatic rings. The van der Waals surface area contributed by atoms with Crippen LogP contribution in [0.25, 0.3) is 0 Å². The summed E-state index contributed by atoms with van der Waals surface area (Å²) >= 11 is 1.07. The van der Waals surface area contributed by atoms with Crippen LogP contribution in [0, 0.1) is 0 Å². The van der Waals surface area contributed by atoms with Gasteiger partial charge >= 0.3 is 11.9 Å². The van der Waals surface area contributed by atoms with Crippen LogP contribution in [0.15, 0.2) is 5.38 Å². The topological polar surface area (TPSA) is 65.5 Å². The maximum atomic E-state index is 11.8. The number of rotatable bonds is 2. The number of thiazole rings is 1. The number of hydrogen-bond acceptors (Lipinski definition) is 6. The normalized spacial score (nSPS) is 12.1. The fourth-order valence-corrected chi connectivity index (χ4v) is 1.77. The van der Waals surface area contributed by atoms with Gasteiger partial charge in [-0.1, -0.05) is 0 Å². The summed E-state index contributed by atoms with van der Waals surface area (Å²) in [6.07, 6.45) is 0. The molecule has 0 atom stereocenters. The minimum atomic E-state index is -0.590. The maximum absolute atomic E-state index is 11.8. The molecule has 0 bridgehead atoms. The molecule has 0 aliphatic heterocycles. The van der Waals surface area contributed by atoms with Crippen LogP contribution in [-0.4, -0.2) is 28.1 Å². The van der Waals surface area contributed by atoms with Crippen molar-refractivity contribution in [2.24, 2.45) is 0 Å². The molecule has 1 aromatic heterocycles. The van der Waals surface area contributed by atoms with Crippen molar-refractivity contribution in [1.82, 2.24) is 4.98 Å². The van der Waals surface area contributed by atoms with Gasteiger partial charge in [-0.05, 0) is 41.5 Å². The number of carbonyl (C=O) groups is 2. The zero-order valence-corrected chi connectivity index (χ0v) is 12.9. The molecule has 106 valence electrons. The maximum Gasteiger partial charge on any atom is 0.367 e. The van der Waals surface area contributed by atoms with Gasteiger partial charge in [0.2, 0.25) is 5.01 Å². The minimum absolute atomic E-state index is 0.126. The zero-order valence-electron chi connectivity index (χ0n) is 12.1. The number of esters is 2. The van der Waals surface area contributed by atoms with Gasteiger partial charge in [-0.15, -0.1) is 11.3 Å². The Kier molecular flexibility index (Phi) is 4.35. The van der Waals surface area contributed by atoms with Crippen molar-refractivity contribution < 1.29 is 19.1 Å². The van der Waals surface area contributed by atoms with E-state index in [0.717, 1.165) is 11.3 Å². The van der Waals surface area contributed by atoms with Crippen LogP contribution in [0.2, 0.25) is 0 Å². The molecule has 0 fully saturated rings. The Balaban J connectivity index is 2.77. The summed E-state index contributed by atoms with van der Waals surface area (Å²) in [5.74, 6) is -1.08. The zero-order chi connectivity index (χ0) is 14.8. The predicted octanol–water partition coefficient (Wildman–Crippen LogP) is 3.05. The molecule has 0 spiro atoms. The van der Waals surface area contributed by atoms with Crippen LogP contribution in [-0.2, 0) is 9.47 Å². The van der Waals surface area contributed by atoms with Crippen LogP contribution >= 0.6 is 11.3 Å². The molecule has 1 aromatic rings. The Morgan fingerprint density at radius 2 is 1.47 bits per heavy atom. The van der Waals surface area contributed by atoms with Gasteiger partial charge in [-0.25, -0.2) is 14.6 Å². The Hall–Kier alpha value is -1.43. The smallest absolute Gasteiger partial charge is 0.367 e. The van der Waals surface area contributed by atoms with E-state index < -0.39 is 23.1 Å². The number of nitrogens with zero attached hydrogens (tertiary/aromatic N) is 1. The summed E-state index contributed by atoms with van der Waals surface area (Å²) in [6.45, 7) is 10.6. The second-order valence-corrected chi connectivity index (χ2v) is 6.90. The molecule has 0 N–H and O–H groups in total. The number of aromatic nitrogens is 1. The lowest BCUT2D eigenvalue weighted by molar-refractivity contribution is 0.00630. The van der Waals surface area contributed by atoms with Gasteiger partial charge in [0, 0.05) is 5.38 Å². The first-order valence-electron chi connectivity index (χ1n) is 5.90. The van der Waals surface area contributed by atoms with Gasteiger partial charge in [0.05, 0.1) is 0 Å². The summed E-state index contributed by atoms with van der Waals surface area (Å²) in [7, 11) is 0. The standard InChI is InChI=1S/C13H19NO4S/c1-12(2,3)17-10(15)8-7-19-9(14-8)11(16)18-13(4,5)6/h7H,1-6H3. The third-order valence-electron chi connectivity index (χ3n) is 1.69. The van der Waals surface area contributed by atoms with Crippen LogP contribution in [0.5, 0.6) is 0 Å². The van der Waals surface area contributed by atoms with Crippen molar-refractivity contribution in [3.8, 4) is 0 Å². The number of carbonyl (C=O) groups excluding carboxylic acids is 2. The molecule has 0 aliphatic carbocycles. The van der Waals surface area contributed by atoms with Crippen molar-refractivity contribution >= 4 is 23.3 Å². The monoisotopic (exact) mass is 285 g/mol. The highest BCUT2D eigenvalue weighted by atomic mass is 32.1. The summed E-state index contributed by atoms with van der Waals surface area (Å²) in [4.78, 5) is 27.5. The van der Waals surface area contributed by atoms with Crippen molar-refractivity contribution in [2.45, 2.75) is 52.7 Å². The van der Waals surface area contributed by atoms with Crippen LogP contribution < -0.4 is 0 Å². The molecule has 19 heavy (non-hydrogen) atoms. The Morgan fingerprint density at radius 1 is 1.00 bits per heavy atom. The molecular formula is C13H19NO4S. The fraction of sp³-hybridized carbons (Fsp3) is 0.615. The van der Waals surface area contributed by atoms with Crippen LogP contribution in [0.3, 0.4) is 0 Å². The van der Waals surface area contributed by atoms with Gasteiger partial charge in [-0.3, -0.25) is 0 Å². The number of ether oxygens (including phenoxy) is 2. The van der Waals surface area contributed by atoms with E-state index in [-0.39, 0.29) is 10.7 Å². The molecule has 1 heterocycles. The van der Waals surface area contributed by atoms with E-state index in [1.54, 1.807) is 41.5 Å². The molecule has 0 amide bonds. The van der Waals surface area contributed by atoms with E-state index in [9.17, 15) is 9.59 Å². The first kappa shape index (κ1) is 15.6. The summed E-state index contributed by atoms with van der Waals surface area (Å²) < 4.78 is 10.3. The van der Waals surface area contributed by atoms with Gasteiger partial charge in [-0.2, -0.15) is 0 Å². The van der Waals surface area contributed by atoms with Gasteiger partial charge in [0.15, 0.2) is 5.69 Å². The third kappa shape index (κ3) is 5.38. The Morgan fingerprint density at radius 3 is 1.95 bits per heavy atom. The van der Waals surface area contributed by atoms with E-state index in [2.05, 4.69) is 4.98 Å². The molecule has 0 saturated heterocycles. The lowest BCUT2D eigenvalue weighted by Crippen LogP contribution is -2.25. The highest BCUT2D eigenvalue weighted by molar-refractivity contribution is 7.11. The van der Waals surface area contributed by atoms with Gasteiger partial charge in [0.1, 0.15) is 11.2 Å². The molecule has 5 nitrogen and oxygen atoms in total. The van der Waals surface area contributed by atoms with Gasteiger partial charge in [0.25, 0.3) is 0 Å². The second kappa shape index (κ2) is 5.28. The van der Waals surface area contributed by atoms with E-state index in [4.69, 9.17) is 9.47 Å². The lowest BCUT2D eigenvalue weighted by Gasteiger charge is -2.18. The van der Waals surface area contributed by atoms with Crippen molar-refractivity contribution in [3.63, 3.8) is 0 Å². The molecule has 0 radical (unpaired) electrons. The van der Waals surface area contributed by atoms with Gasteiger partial charge < -0.3 is 9.47 Å². The average Bonchev–Trinajstić information content (AvgIpc) is 2.60. The quantitative estimate of drug-likeness (QED) is 0.781. The van der Waals surface area contributed by atoms with Crippen molar-refractivity contribution in [3.05, 3.63) is 16.1 Å². The molecule has 6 heteroatoms. The average molecular weight is 285 g/mol. The molecule has 0 aromatic carbocycles. The summed E-state index contributed by atoms with van der Waals surface area (Å²) in [5.41, 5.74) is -1.05.